The molecule has 1 nitrogen and oxygen atoms in total. The predicted octanol–water partition coefficient (Wildman–Crippen LogP) is 5.22. The van der Waals surface area contributed by atoms with E-state index in [4.69, 9.17) is 23.2 Å². The van der Waals surface area contributed by atoms with Crippen LogP contribution in [0, 0.1) is 5.92 Å². The second-order valence-corrected chi connectivity index (χ2v) is 6.51. The van der Waals surface area contributed by atoms with Crippen molar-refractivity contribution in [2.75, 3.05) is 0 Å². The molecule has 1 aliphatic carbocycles. The maximum atomic E-state index is 10.8. The SMILES string of the molecule is OC1c2ccccc2CCCC1Cc1c(Cl)cccc1Cl. The molecular formula is C18H18Cl2O. The van der Waals surface area contributed by atoms with Gasteiger partial charge in [-0.15, -0.1) is 0 Å². The molecule has 0 fully saturated rings. The number of hydrogen-bond acceptors (Lipinski definition) is 1. The normalized spacial score (nSPS) is 21.7. The quantitative estimate of drug-likeness (QED) is 0.752. The Morgan fingerprint density at radius 2 is 1.71 bits per heavy atom. The molecule has 2 atom stereocenters. The molecule has 2 unspecified atom stereocenters. The number of aliphatic hydroxyl groups excluding tert-OH is 1. The molecule has 0 amide bonds. The van der Waals surface area contributed by atoms with E-state index >= 15 is 0 Å². The van der Waals surface area contributed by atoms with Gasteiger partial charge in [-0.05, 0) is 60.4 Å². The monoisotopic (exact) mass is 320 g/mol. The summed E-state index contributed by atoms with van der Waals surface area (Å²) < 4.78 is 0. The molecule has 0 saturated heterocycles. The van der Waals surface area contributed by atoms with Gasteiger partial charge in [-0.2, -0.15) is 0 Å². The van der Waals surface area contributed by atoms with Gasteiger partial charge in [-0.1, -0.05) is 53.5 Å². The van der Waals surface area contributed by atoms with Crippen LogP contribution < -0.4 is 0 Å². The number of aliphatic hydroxyl groups is 1. The van der Waals surface area contributed by atoms with Crippen LogP contribution in [0.15, 0.2) is 42.5 Å². The first-order valence-corrected chi connectivity index (χ1v) is 8.11. The van der Waals surface area contributed by atoms with Crippen molar-refractivity contribution in [1.82, 2.24) is 0 Å². The van der Waals surface area contributed by atoms with Crippen molar-refractivity contribution in [3.8, 4) is 0 Å². The van der Waals surface area contributed by atoms with Crippen LogP contribution in [0.2, 0.25) is 10.0 Å². The molecular weight excluding hydrogens is 303 g/mol. The van der Waals surface area contributed by atoms with Crippen molar-refractivity contribution < 1.29 is 5.11 Å². The second-order valence-electron chi connectivity index (χ2n) is 5.70. The summed E-state index contributed by atoms with van der Waals surface area (Å²) in [6, 6.07) is 13.8. The van der Waals surface area contributed by atoms with Crippen LogP contribution in [0.5, 0.6) is 0 Å². The van der Waals surface area contributed by atoms with Crippen LogP contribution in [0.25, 0.3) is 0 Å². The number of aryl methyl sites for hydroxylation is 1. The average Bonchev–Trinajstić information content (AvgIpc) is 2.63. The molecule has 1 N–H and O–H groups in total. The minimum atomic E-state index is -0.448. The van der Waals surface area contributed by atoms with E-state index in [-0.39, 0.29) is 5.92 Å². The third-order valence-electron chi connectivity index (χ3n) is 4.37. The lowest BCUT2D eigenvalue weighted by atomic mass is 9.88. The summed E-state index contributed by atoms with van der Waals surface area (Å²) in [7, 11) is 0. The van der Waals surface area contributed by atoms with Crippen molar-refractivity contribution in [1.29, 1.82) is 0 Å². The molecule has 0 bridgehead atoms. The maximum absolute atomic E-state index is 10.8. The van der Waals surface area contributed by atoms with Gasteiger partial charge in [0.05, 0.1) is 6.10 Å². The first-order valence-electron chi connectivity index (χ1n) is 7.35. The van der Waals surface area contributed by atoms with Gasteiger partial charge in [0.2, 0.25) is 0 Å². The largest absolute Gasteiger partial charge is 0.388 e. The third kappa shape index (κ3) is 3.11. The number of fused-ring (bicyclic) bond motifs is 1. The fraction of sp³-hybridized carbons (Fsp3) is 0.333. The van der Waals surface area contributed by atoms with E-state index < -0.39 is 6.10 Å². The lowest BCUT2D eigenvalue weighted by molar-refractivity contribution is 0.105. The van der Waals surface area contributed by atoms with Crippen molar-refractivity contribution in [3.63, 3.8) is 0 Å². The standard InChI is InChI=1S/C18H18Cl2O/c19-16-9-4-10-17(20)15(16)11-13-7-3-6-12-5-1-2-8-14(12)18(13)21/h1-2,4-5,8-10,13,18,21H,3,6-7,11H2. The molecule has 110 valence electrons. The van der Waals surface area contributed by atoms with E-state index in [9.17, 15) is 5.11 Å². The zero-order valence-corrected chi connectivity index (χ0v) is 13.2. The Balaban J connectivity index is 1.90. The first kappa shape index (κ1) is 14.9. The minimum absolute atomic E-state index is 0.158. The van der Waals surface area contributed by atoms with Gasteiger partial charge in [0.1, 0.15) is 0 Å². The highest BCUT2D eigenvalue weighted by molar-refractivity contribution is 6.35. The molecule has 0 heterocycles. The van der Waals surface area contributed by atoms with E-state index in [1.807, 2.05) is 36.4 Å². The van der Waals surface area contributed by atoms with Crippen LogP contribution in [0.3, 0.4) is 0 Å². The molecule has 2 aromatic rings. The van der Waals surface area contributed by atoms with Gasteiger partial charge < -0.3 is 5.11 Å². The number of hydrogen-bond donors (Lipinski definition) is 1. The molecule has 21 heavy (non-hydrogen) atoms. The van der Waals surface area contributed by atoms with E-state index in [1.54, 1.807) is 0 Å². The van der Waals surface area contributed by atoms with Gasteiger partial charge in [0, 0.05) is 10.0 Å². The van der Waals surface area contributed by atoms with Crippen LogP contribution >= 0.6 is 23.2 Å². The molecule has 3 rings (SSSR count). The van der Waals surface area contributed by atoms with E-state index in [0.717, 1.165) is 30.4 Å². The molecule has 1 aliphatic rings. The van der Waals surface area contributed by atoms with Crippen LogP contribution in [-0.2, 0) is 12.8 Å². The summed E-state index contributed by atoms with van der Waals surface area (Å²) in [5.41, 5.74) is 3.27. The number of benzene rings is 2. The molecule has 0 spiro atoms. The van der Waals surface area contributed by atoms with E-state index in [2.05, 4.69) is 6.07 Å². The number of rotatable bonds is 2. The average molecular weight is 321 g/mol. The Labute approximate surface area is 135 Å². The van der Waals surface area contributed by atoms with Gasteiger partial charge in [0.25, 0.3) is 0 Å². The molecule has 0 aromatic heterocycles. The fourth-order valence-corrected chi connectivity index (χ4v) is 3.77. The van der Waals surface area contributed by atoms with Crippen LogP contribution in [0.1, 0.15) is 35.6 Å². The van der Waals surface area contributed by atoms with Gasteiger partial charge in [0.15, 0.2) is 0 Å². The maximum Gasteiger partial charge on any atom is 0.0824 e. The summed E-state index contributed by atoms with van der Waals surface area (Å²) in [5.74, 6) is 0.158. The van der Waals surface area contributed by atoms with Crippen molar-refractivity contribution in [2.24, 2.45) is 5.92 Å². The summed E-state index contributed by atoms with van der Waals surface area (Å²) in [4.78, 5) is 0. The smallest absolute Gasteiger partial charge is 0.0824 e. The van der Waals surface area contributed by atoms with E-state index in [1.165, 1.54) is 5.56 Å². The Bertz CT molecular complexity index is 619. The minimum Gasteiger partial charge on any atom is -0.388 e. The fourth-order valence-electron chi connectivity index (χ4n) is 3.22. The highest BCUT2D eigenvalue weighted by Gasteiger charge is 2.27. The summed E-state index contributed by atoms with van der Waals surface area (Å²) >= 11 is 12.5. The van der Waals surface area contributed by atoms with Crippen LogP contribution in [0.4, 0.5) is 0 Å². The zero-order valence-electron chi connectivity index (χ0n) is 11.7. The summed E-state index contributed by atoms with van der Waals surface area (Å²) in [6.07, 6.45) is 3.36. The first-order chi connectivity index (χ1) is 10.2. The Morgan fingerprint density at radius 1 is 1.00 bits per heavy atom. The lowest BCUT2D eigenvalue weighted by Crippen LogP contribution is -2.15. The zero-order chi connectivity index (χ0) is 14.8. The molecule has 0 radical (unpaired) electrons. The molecule has 3 heteroatoms. The van der Waals surface area contributed by atoms with Gasteiger partial charge in [-0.25, -0.2) is 0 Å². The number of halogens is 2. The van der Waals surface area contributed by atoms with Crippen molar-refractivity contribution >= 4 is 23.2 Å². The molecule has 0 aliphatic heterocycles. The Morgan fingerprint density at radius 3 is 2.48 bits per heavy atom. The highest BCUT2D eigenvalue weighted by atomic mass is 35.5. The third-order valence-corrected chi connectivity index (χ3v) is 5.08. The Kier molecular flexibility index (Phi) is 4.54. The van der Waals surface area contributed by atoms with Gasteiger partial charge >= 0.3 is 0 Å². The predicted molar refractivity (Wildman–Crippen MR) is 88.0 cm³/mol. The summed E-state index contributed by atoms with van der Waals surface area (Å²) in [5, 5.41) is 12.1. The lowest BCUT2D eigenvalue weighted by Gasteiger charge is -2.23. The van der Waals surface area contributed by atoms with Crippen LogP contribution in [-0.4, -0.2) is 5.11 Å². The topological polar surface area (TPSA) is 20.2 Å². The van der Waals surface area contributed by atoms with Crippen molar-refractivity contribution in [3.05, 3.63) is 69.2 Å². The molecule has 2 aromatic carbocycles. The van der Waals surface area contributed by atoms with Crippen molar-refractivity contribution in [2.45, 2.75) is 31.8 Å². The van der Waals surface area contributed by atoms with Gasteiger partial charge in [-0.3, -0.25) is 0 Å². The highest BCUT2D eigenvalue weighted by Crippen LogP contribution is 2.37. The second kappa shape index (κ2) is 6.39. The Hall–Kier alpha value is -1.02. The van der Waals surface area contributed by atoms with E-state index in [0.29, 0.717) is 16.5 Å². The summed E-state index contributed by atoms with van der Waals surface area (Å²) in [6.45, 7) is 0. The molecule has 0 saturated carbocycles.